The summed E-state index contributed by atoms with van der Waals surface area (Å²) in [6, 6.07) is 77.2. The topological polar surface area (TPSA) is 13.0 Å². The molecule has 0 aliphatic carbocycles. The fraction of sp³-hybridized carbons (Fsp3) is 0. The Morgan fingerprint density at radius 2 is 0.789 bits per heavy atom. The Hall–Kier alpha value is -6.83. The van der Waals surface area contributed by atoms with E-state index in [0.29, 0.717) is 0 Å². The fourth-order valence-corrected chi connectivity index (χ4v) is 6.91. The van der Waals surface area contributed by atoms with Gasteiger partial charge in [0.1, 0.15) is 0 Å². The molecule has 2 aliphatic heterocycles. The average molecular weight is 909 g/mol. The third kappa shape index (κ3) is 8.11. The predicted molar refractivity (Wildman–Crippen MR) is 231 cm³/mol. The quantitative estimate of drug-likeness (QED) is 0.126. The third-order valence-corrected chi connectivity index (χ3v) is 9.67. The van der Waals surface area contributed by atoms with Gasteiger partial charge in [0.15, 0.2) is 0 Å². The number of benzene rings is 8. The van der Waals surface area contributed by atoms with Gasteiger partial charge in [-0.15, -0.1) is 36.3 Å². The van der Waals surface area contributed by atoms with Gasteiger partial charge < -0.3 is 19.6 Å². The van der Waals surface area contributed by atoms with Crippen LogP contribution in [0.15, 0.2) is 206 Å². The van der Waals surface area contributed by atoms with E-state index in [1.165, 1.54) is 11.4 Å². The Morgan fingerprint density at radius 1 is 0.351 bits per heavy atom. The first kappa shape index (κ1) is 37.1. The van der Waals surface area contributed by atoms with E-state index >= 15 is 0 Å². The number of fused-ring (bicyclic) bond motifs is 2. The number of nitrogens with zero attached hydrogens (tertiary/aromatic N) is 4. The number of anilines is 8. The van der Waals surface area contributed by atoms with E-state index in [4.69, 9.17) is 0 Å². The summed E-state index contributed by atoms with van der Waals surface area (Å²) in [5, 5.41) is 0. The van der Waals surface area contributed by atoms with Crippen molar-refractivity contribution in [1.29, 1.82) is 0 Å². The molecule has 57 heavy (non-hydrogen) atoms. The maximum atomic E-state index is 3.43. The van der Waals surface area contributed by atoms with Crippen molar-refractivity contribution in [2.24, 2.45) is 0 Å². The van der Waals surface area contributed by atoms with Gasteiger partial charge in [-0.05, 0) is 78.4 Å². The van der Waals surface area contributed by atoms with Crippen molar-refractivity contribution >= 4 is 45.5 Å². The Balaban J connectivity index is 0.000000177. The number of para-hydroxylation sites is 7. The minimum atomic E-state index is 0. The van der Waals surface area contributed by atoms with Gasteiger partial charge in [-0.1, -0.05) is 103 Å². The van der Waals surface area contributed by atoms with Crippen LogP contribution < -0.4 is 19.6 Å². The molecule has 0 saturated heterocycles. The smallest absolute Gasteiger partial charge is 0.0344 e. The van der Waals surface area contributed by atoms with Crippen molar-refractivity contribution in [2.45, 2.75) is 0 Å². The normalized spacial score (nSPS) is 12.4. The Labute approximate surface area is 349 Å². The van der Waals surface area contributed by atoms with Crippen LogP contribution in [0.4, 0.5) is 45.5 Å². The molecule has 0 N–H and O–H groups in total. The first-order valence-corrected chi connectivity index (χ1v) is 18.6. The number of hydrogen-bond donors (Lipinski definition) is 0. The van der Waals surface area contributed by atoms with E-state index in [0.717, 1.165) is 56.4 Å². The predicted octanol–water partition coefficient (Wildman–Crippen LogP) is 12.9. The van der Waals surface area contributed by atoms with Crippen LogP contribution >= 0.6 is 0 Å². The molecule has 5 heteroatoms. The molecule has 0 aromatic heterocycles. The summed E-state index contributed by atoms with van der Waals surface area (Å²) in [6.07, 6.45) is 0. The SMILES string of the molecule is C(#Cc1ccc(-c2cc[c-]c(N3[CH-]N(c4ccccc4)c4ccccc43)c2)cc1)c1ccccc1.[Ir].[c-]1ccccc1N1[CH-]N(c2ccccc2)c2ccccc21. The Kier molecular flexibility index (Phi) is 11.3. The van der Waals surface area contributed by atoms with Gasteiger partial charge in [0.25, 0.3) is 0 Å². The van der Waals surface area contributed by atoms with E-state index in [1.54, 1.807) is 0 Å². The average Bonchev–Trinajstić information content (AvgIpc) is 3.87. The van der Waals surface area contributed by atoms with Crippen LogP contribution in [0.25, 0.3) is 11.1 Å². The second kappa shape index (κ2) is 17.3. The van der Waals surface area contributed by atoms with Gasteiger partial charge in [-0.3, -0.25) is 0 Å². The van der Waals surface area contributed by atoms with Crippen molar-refractivity contribution in [3.05, 3.63) is 243 Å². The summed E-state index contributed by atoms with van der Waals surface area (Å²) in [5.74, 6) is 6.48. The van der Waals surface area contributed by atoms with E-state index in [9.17, 15) is 0 Å². The summed E-state index contributed by atoms with van der Waals surface area (Å²) in [4.78, 5) is 8.79. The van der Waals surface area contributed by atoms with Crippen molar-refractivity contribution < 1.29 is 20.1 Å². The maximum Gasteiger partial charge on any atom is 0.0344 e. The molecular formula is C52H36IrN4-4. The van der Waals surface area contributed by atoms with Crippen molar-refractivity contribution in [1.82, 2.24) is 0 Å². The molecule has 4 nitrogen and oxygen atoms in total. The molecular weight excluding hydrogens is 873 g/mol. The Morgan fingerprint density at radius 3 is 1.32 bits per heavy atom. The second-order valence-corrected chi connectivity index (χ2v) is 13.3. The summed E-state index contributed by atoms with van der Waals surface area (Å²) >= 11 is 0. The van der Waals surface area contributed by atoms with E-state index in [1.807, 2.05) is 66.7 Å². The zero-order valence-electron chi connectivity index (χ0n) is 30.9. The second-order valence-electron chi connectivity index (χ2n) is 13.3. The summed E-state index contributed by atoms with van der Waals surface area (Å²) < 4.78 is 0. The molecule has 0 bridgehead atoms. The largest absolute Gasteiger partial charge is 0.493 e. The van der Waals surface area contributed by atoms with Gasteiger partial charge >= 0.3 is 0 Å². The zero-order chi connectivity index (χ0) is 37.5. The molecule has 8 aromatic carbocycles. The third-order valence-electron chi connectivity index (χ3n) is 9.67. The van der Waals surface area contributed by atoms with E-state index in [2.05, 4.69) is 196 Å². The van der Waals surface area contributed by atoms with Crippen LogP contribution in [0.5, 0.6) is 0 Å². The maximum absolute atomic E-state index is 3.43. The van der Waals surface area contributed by atoms with Crippen molar-refractivity contribution in [2.75, 3.05) is 19.6 Å². The van der Waals surface area contributed by atoms with Crippen LogP contribution in [0.3, 0.4) is 0 Å². The van der Waals surface area contributed by atoms with E-state index < -0.39 is 0 Å². The number of rotatable bonds is 5. The van der Waals surface area contributed by atoms with Crippen molar-refractivity contribution in [3.63, 3.8) is 0 Å². The standard InChI is InChI=1S/C33H22N2.C19H14N2.Ir/c1-3-10-26(11-4-1)18-19-27-20-22-28(23-21-27)29-12-9-15-31(24-29)35-25-34(30-13-5-2-6-14-30)32-16-7-8-17-33(32)35;1-3-9-16(10-4-1)20-15-21(17-11-5-2-6-12-17)19-14-8-7-13-18(19)20;/h1-14,16-17,20-25H;1-11,13-15H;/q2*-2;. The van der Waals surface area contributed by atoms with Gasteiger partial charge in [-0.2, -0.15) is 48.5 Å². The van der Waals surface area contributed by atoms with Gasteiger partial charge in [0.2, 0.25) is 0 Å². The van der Waals surface area contributed by atoms with Crippen LogP contribution in [0, 0.1) is 37.3 Å². The zero-order valence-corrected chi connectivity index (χ0v) is 33.3. The summed E-state index contributed by atoms with van der Waals surface area (Å²) in [6.45, 7) is 4.25. The molecule has 0 unspecified atom stereocenters. The van der Waals surface area contributed by atoms with Crippen LogP contribution in [-0.4, -0.2) is 0 Å². The molecule has 0 fully saturated rings. The molecule has 0 spiro atoms. The molecule has 8 aromatic rings. The van der Waals surface area contributed by atoms with E-state index in [-0.39, 0.29) is 20.1 Å². The molecule has 0 saturated carbocycles. The fourth-order valence-electron chi connectivity index (χ4n) is 6.91. The first-order chi connectivity index (χ1) is 27.8. The molecule has 10 rings (SSSR count). The molecule has 277 valence electrons. The Bertz CT molecular complexity index is 2540. The number of hydrogen-bond acceptors (Lipinski definition) is 4. The van der Waals surface area contributed by atoms with Crippen LogP contribution in [-0.2, 0) is 20.1 Å². The van der Waals surface area contributed by atoms with Gasteiger partial charge in [-0.25, -0.2) is 0 Å². The van der Waals surface area contributed by atoms with Crippen molar-refractivity contribution in [3.8, 4) is 23.0 Å². The molecule has 1 radical (unpaired) electrons. The van der Waals surface area contributed by atoms with Crippen LogP contribution in [0.2, 0.25) is 0 Å². The molecule has 0 amide bonds. The first-order valence-electron chi connectivity index (χ1n) is 18.6. The minimum absolute atomic E-state index is 0. The molecule has 2 aliphatic rings. The summed E-state index contributed by atoms with van der Waals surface area (Å²) in [5.41, 5.74) is 13.3. The monoisotopic (exact) mass is 909 g/mol. The molecule has 0 atom stereocenters. The van der Waals surface area contributed by atoms with Crippen LogP contribution in [0.1, 0.15) is 11.1 Å². The summed E-state index contributed by atoms with van der Waals surface area (Å²) in [7, 11) is 0. The minimum Gasteiger partial charge on any atom is -0.493 e. The van der Waals surface area contributed by atoms with Gasteiger partial charge in [0.05, 0.1) is 0 Å². The molecule has 2 heterocycles. The van der Waals surface area contributed by atoms with Gasteiger partial charge in [0, 0.05) is 65.4 Å².